The number of aromatic nitrogens is 2. The number of nitrogens with one attached hydrogen (secondary N) is 2. The van der Waals surface area contributed by atoms with E-state index in [1.807, 2.05) is 36.9 Å². The minimum atomic E-state index is 0. The van der Waals surface area contributed by atoms with Crippen molar-refractivity contribution in [3.8, 4) is 0 Å². The quantitative estimate of drug-likeness (QED) is 0.822. The summed E-state index contributed by atoms with van der Waals surface area (Å²) in [5, 5.41) is 6.41. The summed E-state index contributed by atoms with van der Waals surface area (Å²) in [5.74, 6) is 3.28. The number of thioether (sulfide) groups is 1. The minimum Gasteiger partial charge on any atom is -0.354 e. The molecular weight excluding hydrogens is 367 g/mol. The van der Waals surface area contributed by atoms with Crippen molar-refractivity contribution in [3.63, 3.8) is 0 Å². The lowest BCUT2D eigenvalue weighted by Gasteiger charge is -2.22. The van der Waals surface area contributed by atoms with Crippen LogP contribution in [0.1, 0.15) is 12.2 Å². The fourth-order valence-corrected chi connectivity index (χ4v) is 3.78. The summed E-state index contributed by atoms with van der Waals surface area (Å²) in [7, 11) is 0. The van der Waals surface area contributed by atoms with Gasteiger partial charge in [0.05, 0.1) is 11.0 Å². The number of nitrogens with zero attached hydrogens (tertiary/aromatic N) is 2. The van der Waals surface area contributed by atoms with Gasteiger partial charge in [-0.3, -0.25) is 4.79 Å². The van der Waals surface area contributed by atoms with Crippen LogP contribution in [0.3, 0.4) is 0 Å². The number of para-hydroxylation sites is 2. The number of hydrogen-bond acceptors (Lipinski definition) is 4. The lowest BCUT2D eigenvalue weighted by atomic mass is 10.2. The number of halogens is 2. The highest BCUT2D eigenvalue weighted by atomic mass is 35.5. The highest BCUT2D eigenvalue weighted by Gasteiger charge is 2.16. The van der Waals surface area contributed by atoms with E-state index in [9.17, 15) is 4.79 Å². The Balaban J connectivity index is 0.00000144. The number of benzene rings is 1. The molecule has 0 saturated carbocycles. The van der Waals surface area contributed by atoms with E-state index in [1.165, 1.54) is 0 Å². The molecule has 0 spiro atoms. The Kier molecular flexibility index (Phi) is 8.91. The maximum Gasteiger partial charge on any atom is 0.221 e. The Morgan fingerprint density at radius 3 is 2.96 bits per heavy atom. The number of aryl methyl sites for hydroxylation is 1. The standard InChI is InChI=1S/C16H22N4OS.2ClH/c1-12-19-14-4-2-3-5-15(14)20(12)8-6-18-16(21)10-13-11-22-9-7-17-13;;/h2-5,13,17H,6-11H2,1H3,(H,18,21);2*1H. The lowest BCUT2D eigenvalue weighted by molar-refractivity contribution is -0.121. The second-order valence-electron chi connectivity index (χ2n) is 5.58. The Bertz CT molecular complexity index is 659. The third kappa shape index (κ3) is 5.28. The molecule has 0 aliphatic carbocycles. The van der Waals surface area contributed by atoms with Crippen molar-refractivity contribution in [3.05, 3.63) is 30.1 Å². The minimum absolute atomic E-state index is 0. The predicted molar refractivity (Wildman–Crippen MR) is 106 cm³/mol. The van der Waals surface area contributed by atoms with Crippen molar-refractivity contribution in [1.82, 2.24) is 20.2 Å². The molecule has 1 amide bonds. The first-order chi connectivity index (χ1) is 10.7. The molecule has 24 heavy (non-hydrogen) atoms. The van der Waals surface area contributed by atoms with Crippen LogP contribution in [0.4, 0.5) is 0 Å². The highest BCUT2D eigenvalue weighted by Crippen LogP contribution is 2.15. The second kappa shape index (κ2) is 10.1. The number of rotatable bonds is 5. The summed E-state index contributed by atoms with van der Waals surface area (Å²) in [5.41, 5.74) is 2.13. The average molecular weight is 391 g/mol. The zero-order valence-corrected chi connectivity index (χ0v) is 16.1. The SMILES string of the molecule is Cc1nc2ccccc2n1CCNC(=O)CC1CSCCN1.Cl.Cl. The smallest absolute Gasteiger partial charge is 0.221 e. The van der Waals surface area contributed by atoms with Crippen molar-refractivity contribution in [2.45, 2.75) is 25.9 Å². The molecule has 5 nitrogen and oxygen atoms in total. The summed E-state index contributed by atoms with van der Waals surface area (Å²) in [4.78, 5) is 16.5. The second-order valence-corrected chi connectivity index (χ2v) is 6.73. The van der Waals surface area contributed by atoms with Gasteiger partial charge in [0.15, 0.2) is 0 Å². The van der Waals surface area contributed by atoms with E-state index < -0.39 is 0 Å². The normalized spacial score (nSPS) is 17.0. The number of carbonyl (C=O) groups excluding carboxylic acids is 1. The zero-order valence-electron chi connectivity index (χ0n) is 13.7. The molecule has 1 fully saturated rings. The van der Waals surface area contributed by atoms with Gasteiger partial charge >= 0.3 is 0 Å². The highest BCUT2D eigenvalue weighted by molar-refractivity contribution is 7.99. The van der Waals surface area contributed by atoms with Gasteiger partial charge in [0, 0.05) is 43.6 Å². The van der Waals surface area contributed by atoms with Crippen LogP contribution in [-0.4, -0.2) is 46.1 Å². The summed E-state index contributed by atoms with van der Waals surface area (Å²) in [6, 6.07) is 8.42. The molecule has 1 aromatic carbocycles. The lowest BCUT2D eigenvalue weighted by Crippen LogP contribution is -2.41. The molecule has 2 N–H and O–H groups in total. The molecule has 1 aliphatic heterocycles. The van der Waals surface area contributed by atoms with Gasteiger partial charge in [0.1, 0.15) is 5.82 Å². The Hall–Kier alpha value is -0.950. The fraction of sp³-hybridized carbons (Fsp3) is 0.500. The zero-order chi connectivity index (χ0) is 15.4. The summed E-state index contributed by atoms with van der Waals surface area (Å²) >= 11 is 1.92. The predicted octanol–water partition coefficient (Wildman–Crippen LogP) is 2.40. The van der Waals surface area contributed by atoms with Crippen molar-refractivity contribution >= 4 is 53.5 Å². The van der Waals surface area contributed by atoms with E-state index in [4.69, 9.17) is 0 Å². The Morgan fingerprint density at radius 1 is 1.42 bits per heavy atom. The molecule has 8 heteroatoms. The molecule has 3 rings (SSSR count). The van der Waals surface area contributed by atoms with Crippen LogP contribution in [0, 0.1) is 6.92 Å². The molecule has 1 unspecified atom stereocenters. The first-order valence-corrected chi connectivity index (χ1v) is 8.89. The largest absolute Gasteiger partial charge is 0.354 e. The third-order valence-electron chi connectivity index (χ3n) is 3.93. The van der Waals surface area contributed by atoms with Crippen molar-refractivity contribution in [1.29, 1.82) is 0 Å². The van der Waals surface area contributed by atoms with Gasteiger partial charge in [-0.2, -0.15) is 11.8 Å². The molecule has 0 bridgehead atoms. The molecule has 134 valence electrons. The number of fused-ring (bicyclic) bond motifs is 1. The van der Waals surface area contributed by atoms with E-state index >= 15 is 0 Å². The first-order valence-electron chi connectivity index (χ1n) is 7.74. The first kappa shape index (κ1) is 21.1. The summed E-state index contributed by atoms with van der Waals surface area (Å²) < 4.78 is 2.16. The maximum absolute atomic E-state index is 12.0. The van der Waals surface area contributed by atoms with Crippen molar-refractivity contribution < 1.29 is 4.79 Å². The van der Waals surface area contributed by atoms with Gasteiger partial charge in [-0.25, -0.2) is 4.98 Å². The number of hydrogen-bond donors (Lipinski definition) is 2. The van der Waals surface area contributed by atoms with Crippen LogP contribution in [0.5, 0.6) is 0 Å². The van der Waals surface area contributed by atoms with Crippen molar-refractivity contribution in [2.24, 2.45) is 0 Å². The van der Waals surface area contributed by atoms with Crippen LogP contribution >= 0.6 is 36.6 Å². The molecule has 1 aliphatic rings. The number of carbonyl (C=O) groups is 1. The van der Waals surface area contributed by atoms with Crippen molar-refractivity contribution in [2.75, 3.05) is 24.6 Å². The molecular formula is C16H24Cl2N4OS. The van der Waals surface area contributed by atoms with Gasteiger partial charge in [0.2, 0.25) is 5.91 Å². The third-order valence-corrected chi connectivity index (χ3v) is 5.06. The fourth-order valence-electron chi connectivity index (χ4n) is 2.83. The molecule has 1 atom stereocenters. The summed E-state index contributed by atoms with van der Waals surface area (Å²) in [6.45, 7) is 4.40. The van der Waals surface area contributed by atoms with E-state index in [1.54, 1.807) is 0 Å². The van der Waals surface area contributed by atoms with E-state index in [0.29, 0.717) is 19.0 Å². The van der Waals surface area contributed by atoms with Crippen LogP contribution in [0.25, 0.3) is 11.0 Å². The molecule has 1 aromatic heterocycles. The van der Waals surface area contributed by atoms with Gasteiger partial charge in [-0.1, -0.05) is 12.1 Å². The number of amides is 1. The van der Waals surface area contributed by atoms with Crippen LogP contribution in [-0.2, 0) is 11.3 Å². The number of imidazole rings is 1. The van der Waals surface area contributed by atoms with Gasteiger partial charge < -0.3 is 15.2 Å². The Morgan fingerprint density at radius 2 is 2.21 bits per heavy atom. The molecule has 1 saturated heterocycles. The van der Waals surface area contributed by atoms with Crippen LogP contribution in [0.2, 0.25) is 0 Å². The molecule has 0 radical (unpaired) electrons. The van der Waals surface area contributed by atoms with E-state index in [-0.39, 0.29) is 30.7 Å². The van der Waals surface area contributed by atoms with Gasteiger partial charge in [0.25, 0.3) is 0 Å². The monoisotopic (exact) mass is 390 g/mol. The van der Waals surface area contributed by atoms with Crippen LogP contribution in [0.15, 0.2) is 24.3 Å². The Labute approximate surface area is 159 Å². The van der Waals surface area contributed by atoms with E-state index in [0.717, 1.165) is 41.5 Å². The van der Waals surface area contributed by atoms with E-state index in [2.05, 4.69) is 26.3 Å². The van der Waals surface area contributed by atoms with Crippen LogP contribution < -0.4 is 10.6 Å². The molecule has 2 heterocycles. The average Bonchev–Trinajstić information content (AvgIpc) is 2.84. The molecule has 2 aromatic rings. The van der Waals surface area contributed by atoms with Gasteiger partial charge in [-0.15, -0.1) is 24.8 Å². The van der Waals surface area contributed by atoms with Gasteiger partial charge in [-0.05, 0) is 19.1 Å². The summed E-state index contributed by atoms with van der Waals surface area (Å²) in [6.07, 6.45) is 0.566. The maximum atomic E-state index is 12.0. The topological polar surface area (TPSA) is 59.0 Å².